The lowest BCUT2D eigenvalue weighted by atomic mass is 9.97. The van der Waals surface area contributed by atoms with E-state index in [0.29, 0.717) is 0 Å². The molecule has 0 bridgehead atoms. The number of hydrogen-bond donors (Lipinski definition) is 1. The van der Waals surface area contributed by atoms with Gasteiger partial charge in [0.15, 0.2) is 5.16 Å². The van der Waals surface area contributed by atoms with Gasteiger partial charge < -0.3 is 4.98 Å². The van der Waals surface area contributed by atoms with Crippen molar-refractivity contribution in [1.82, 2.24) is 9.97 Å². The summed E-state index contributed by atoms with van der Waals surface area (Å²) < 4.78 is 0. The fourth-order valence-electron chi connectivity index (χ4n) is 3.13. The van der Waals surface area contributed by atoms with E-state index < -0.39 is 0 Å². The van der Waals surface area contributed by atoms with Crippen LogP contribution in [0.1, 0.15) is 34.4 Å². The number of hydrogen-bond acceptors (Lipinski definition) is 4. The van der Waals surface area contributed by atoms with E-state index in [1.54, 1.807) is 23.1 Å². The molecule has 3 aromatic rings. The van der Waals surface area contributed by atoms with Crippen LogP contribution in [0.25, 0.3) is 10.2 Å². The molecule has 0 amide bonds. The minimum absolute atomic E-state index is 0.0293. The van der Waals surface area contributed by atoms with Gasteiger partial charge in [-0.1, -0.05) is 36.0 Å². The minimum Gasteiger partial charge on any atom is -0.301 e. The fourth-order valence-corrected chi connectivity index (χ4v) is 5.39. The molecular formula is C18H18N2OS2. The van der Waals surface area contributed by atoms with Crippen LogP contribution in [-0.4, -0.2) is 9.97 Å². The van der Waals surface area contributed by atoms with Crippen LogP contribution in [0.3, 0.4) is 0 Å². The highest BCUT2D eigenvalue weighted by atomic mass is 32.2. The zero-order chi connectivity index (χ0) is 15.8. The van der Waals surface area contributed by atoms with E-state index in [-0.39, 0.29) is 5.56 Å². The van der Waals surface area contributed by atoms with Crippen LogP contribution in [-0.2, 0) is 18.6 Å². The Morgan fingerprint density at radius 2 is 2.09 bits per heavy atom. The fraction of sp³-hybridized carbons (Fsp3) is 0.333. The van der Waals surface area contributed by atoms with Crippen molar-refractivity contribution in [1.29, 1.82) is 0 Å². The molecule has 0 saturated heterocycles. The molecule has 0 aliphatic heterocycles. The highest BCUT2D eigenvalue weighted by Crippen LogP contribution is 2.34. The first-order valence-electron chi connectivity index (χ1n) is 7.94. The van der Waals surface area contributed by atoms with Gasteiger partial charge in [-0.2, -0.15) is 0 Å². The quantitative estimate of drug-likeness (QED) is 0.564. The molecule has 0 fully saturated rings. The molecule has 0 spiro atoms. The monoisotopic (exact) mass is 342 g/mol. The third-order valence-corrected chi connectivity index (χ3v) is 6.54. The number of aryl methyl sites for hydroxylation is 3. The maximum atomic E-state index is 12.5. The standard InChI is InChI=1S/C18H18N2OS2/c1-11-6-2-3-7-12(11)10-22-18-19-16(21)15-13-8-4-5-9-14(13)23-17(15)20-18/h2-3,6-7H,4-5,8-10H2,1H3,(H,19,20,21). The summed E-state index contributed by atoms with van der Waals surface area (Å²) in [5.41, 5.74) is 3.84. The number of thioether (sulfide) groups is 1. The lowest BCUT2D eigenvalue weighted by molar-refractivity contribution is 0.700. The number of nitrogens with one attached hydrogen (secondary N) is 1. The third kappa shape index (κ3) is 2.83. The number of nitrogens with zero attached hydrogens (tertiary/aromatic N) is 1. The Bertz CT molecular complexity index is 926. The summed E-state index contributed by atoms with van der Waals surface area (Å²) in [7, 11) is 0. The first-order chi connectivity index (χ1) is 11.2. The summed E-state index contributed by atoms with van der Waals surface area (Å²) in [4.78, 5) is 22.5. The van der Waals surface area contributed by atoms with Crippen LogP contribution in [0.5, 0.6) is 0 Å². The molecule has 118 valence electrons. The predicted octanol–water partition coefficient (Wildman–Crippen LogP) is 4.46. The smallest absolute Gasteiger partial charge is 0.260 e. The second-order valence-electron chi connectivity index (χ2n) is 5.98. The van der Waals surface area contributed by atoms with E-state index in [1.165, 1.54) is 34.4 Å². The molecule has 0 atom stereocenters. The molecule has 1 aromatic carbocycles. The molecule has 1 N–H and O–H groups in total. The molecule has 1 aliphatic carbocycles. The molecule has 4 rings (SSSR count). The zero-order valence-corrected chi connectivity index (χ0v) is 14.6. The van der Waals surface area contributed by atoms with E-state index in [9.17, 15) is 4.79 Å². The van der Waals surface area contributed by atoms with Gasteiger partial charge in [0.05, 0.1) is 5.39 Å². The molecule has 5 heteroatoms. The Morgan fingerprint density at radius 1 is 1.26 bits per heavy atom. The number of H-pyrrole nitrogens is 1. The van der Waals surface area contributed by atoms with Crippen LogP contribution in [0, 0.1) is 6.92 Å². The summed E-state index contributed by atoms with van der Waals surface area (Å²) in [5, 5.41) is 1.56. The number of benzene rings is 1. The van der Waals surface area contributed by atoms with E-state index >= 15 is 0 Å². The number of rotatable bonds is 3. The van der Waals surface area contributed by atoms with Crippen molar-refractivity contribution in [2.75, 3.05) is 0 Å². The van der Waals surface area contributed by atoms with Crippen molar-refractivity contribution < 1.29 is 0 Å². The second-order valence-corrected chi connectivity index (χ2v) is 8.02. The Hall–Kier alpha value is -1.59. The molecule has 0 saturated carbocycles. The topological polar surface area (TPSA) is 45.8 Å². The van der Waals surface area contributed by atoms with E-state index in [4.69, 9.17) is 4.98 Å². The number of aromatic amines is 1. The first-order valence-corrected chi connectivity index (χ1v) is 9.74. The van der Waals surface area contributed by atoms with Gasteiger partial charge in [-0.25, -0.2) is 4.98 Å². The van der Waals surface area contributed by atoms with Crippen molar-refractivity contribution in [3.8, 4) is 0 Å². The molecule has 2 heterocycles. The van der Waals surface area contributed by atoms with Crippen LogP contribution >= 0.6 is 23.1 Å². The van der Waals surface area contributed by atoms with E-state index in [0.717, 1.165) is 34.0 Å². The van der Waals surface area contributed by atoms with Gasteiger partial charge >= 0.3 is 0 Å². The molecule has 3 nitrogen and oxygen atoms in total. The second kappa shape index (κ2) is 6.13. The van der Waals surface area contributed by atoms with Crippen molar-refractivity contribution in [2.45, 2.75) is 43.5 Å². The highest BCUT2D eigenvalue weighted by Gasteiger charge is 2.19. The Balaban J connectivity index is 1.66. The minimum atomic E-state index is 0.0293. The summed E-state index contributed by atoms with van der Waals surface area (Å²) in [6.07, 6.45) is 4.53. The number of thiophene rings is 1. The van der Waals surface area contributed by atoms with Crippen molar-refractivity contribution in [3.63, 3.8) is 0 Å². The van der Waals surface area contributed by atoms with Gasteiger partial charge in [0.2, 0.25) is 0 Å². The van der Waals surface area contributed by atoms with Gasteiger partial charge in [-0.3, -0.25) is 4.79 Å². The van der Waals surface area contributed by atoms with Gasteiger partial charge in [-0.05, 0) is 49.3 Å². The average molecular weight is 342 g/mol. The first kappa shape index (κ1) is 15.0. The SMILES string of the molecule is Cc1ccccc1CSc1nc2sc3c(c2c(=O)[nH]1)CCCC3. The Morgan fingerprint density at radius 3 is 2.96 bits per heavy atom. The van der Waals surface area contributed by atoms with Gasteiger partial charge in [0.25, 0.3) is 5.56 Å². The molecule has 23 heavy (non-hydrogen) atoms. The summed E-state index contributed by atoms with van der Waals surface area (Å²) in [6.45, 7) is 2.11. The van der Waals surface area contributed by atoms with Gasteiger partial charge in [0.1, 0.15) is 4.83 Å². The summed E-state index contributed by atoms with van der Waals surface area (Å²) in [6, 6.07) is 8.34. The van der Waals surface area contributed by atoms with Crippen LogP contribution < -0.4 is 5.56 Å². The Kier molecular flexibility index (Phi) is 3.99. The van der Waals surface area contributed by atoms with Crippen molar-refractivity contribution >= 4 is 33.3 Å². The summed E-state index contributed by atoms with van der Waals surface area (Å²) in [5.74, 6) is 0.826. The molecular weight excluding hydrogens is 324 g/mol. The molecule has 0 unspecified atom stereocenters. The lowest BCUT2D eigenvalue weighted by Gasteiger charge is -2.09. The normalized spacial score (nSPS) is 14.1. The van der Waals surface area contributed by atoms with Crippen molar-refractivity contribution in [2.24, 2.45) is 0 Å². The van der Waals surface area contributed by atoms with Crippen LogP contribution in [0.15, 0.2) is 34.2 Å². The summed E-state index contributed by atoms with van der Waals surface area (Å²) >= 11 is 3.31. The molecule has 1 aliphatic rings. The maximum absolute atomic E-state index is 12.5. The average Bonchev–Trinajstić information content (AvgIpc) is 2.93. The highest BCUT2D eigenvalue weighted by molar-refractivity contribution is 7.98. The van der Waals surface area contributed by atoms with Gasteiger partial charge in [0, 0.05) is 10.6 Å². The van der Waals surface area contributed by atoms with Crippen LogP contribution in [0.2, 0.25) is 0 Å². The zero-order valence-electron chi connectivity index (χ0n) is 13.0. The van der Waals surface area contributed by atoms with E-state index in [2.05, 4.69) is 30.1 Å². The largest absolute Gasteiger partial charge is 0.301 e. The van der Waals surface area contributed by atoms with Gasteiger partial charge in [-0.15, -0.1) is 11.3 Å². The lowest BCUT2D eigenvalue weighted by Crippen LogP contribution is -2.10. The number of aromatic nitrogens is 2. The van der Waals surface area contributed by atoms with Crippen LogP contribution in [0.4, 0.5) is 0 Å². The van der Waals surface area contributed by atoms with Crippen molar-refractivity contribution in [3.05, 3.63) is 56.2 Å². The molecule has 2 aromatic heterocycles. The Labute approximate surface area is 143 Å². The number of fused-ring (bicyclic) bond motifs is 3. The third-order valence-electron chi connectivity index (χ3n) is 4.43. The predicted molar refractivity (Wildman–Crippen MR) is 97.6 cm³/mol. The van der Waals surface area contributed by atoms with E-state index in [1.807, 2.05) is 6.07 Å². The maximum Gasteiger partial charge on any atom is 0.260 e. The molecule has 0 radical (unpaired) electrons.